The third-order valence-electron chi connectivity index (χ3n) is 3.31. The SMILES string of the molecule is COC(=O)CN(c1cccc(Cl)c1Cl)S(=O)(=O)c1ccc(C)cc1. The molecule has 0 heterocycles. The van der Waals surface area contributed by atoms with Crippen molar-refractivity contribution in [3.63, 3.8) is 0 Å². The Labute approximate surface area is 150 Å². The Bertz CT molecular complexity index is 851. The maximum absolute atomic E-state index is 13.0. The van der Waals surface area contributed by atoms with E-state index in [2.05, 4.69) is 4.74 Å². The summed E-state index contributed by atoms with van der Waals surface area (Å²) in [5.74, 6) is -0.721. The molecule has 24 heavy (non-hydrogen) atoms. The summed E-state index contributed by atoms with van der Waals surface area (Å²) in [6.45, 7) is 1.32. The Kier molecular flexibility index (Phi) is 5.74. The third-order valence-corrected chi connectivity index (χ3v) is 5.89. The van der Waals surface area contributed by atoms with Crippen LogP contribution in [-0.2, 0) is 19.6 Å². The number of hydrogen-bond donors (Lipinski definition) is 0. The van der Waals surface area contributed by atoms with Gasteiger partial charge in [0, 0.05) is 0 Å². The van der Waals surface area contributed by atoms with Crippen molar-refractivity contribution in [1.82, 2.24) is 0 Å². The third kappa shape index (κ3) is 3.83. The summed E-state index contributed by atoms with van der Waals surface area (Å²) in [5, 5.41) is 0.224. The quantitative estimate of drug-likeness (QED) is 0.734. The number of carbonyl (C=O) groups is 1. The van der Waals surface area contributed by atoms with Gasteiger partial charge in [-0.15, -0.1) is 0 Å². The van der Waals surface area contributed by atoms with E-state index in [0.29, 0.717) is 0 Å². The van der Waals surface area contributed by atoms with E-state index in [1.807, 2.05) is 6.92 Å². The molecular formula is C16H15Cl2NO4S. The van der Waals surface area contributed by atoms with Gasteiger partial charge in [-0.25, -0.2) is 8.42 Å². The van der Waals surface area contributed by atoms with E-state index < -0.39 is 22.5 Å². The van der Waals surface area contributed by atoms with Crippen molar-refractivity contribution < 1.29 is 17.9 Å². The zero-order valence-electron chi connectivity index (χ0n) is 13.0. The molecule has 0 saturated carbocycles. The highest BCUT2D eigenvalue weighted by molar-refractivity contribution is 7.92. The average Bonchev–Trinajstić information content (AvgIpc) is 2.55. The minimum Gasteiger partial charge on any atom is -0.468 e. The average molecular weight is 388 g/mol. The fourth-order valence-electron chi connectivity index (χ4n) is 2.00. The van der Waals surface area contributed by atoms with Crippen LogP contribution < -0.4 is 4.31 Å². The van der Waals surface area contributed by atoms with Crippen molar-refractivity contribution in [3.8, 4) is 0 Å². The standard InChI is InChI=1S/C16H15Cl2NO4S/c1-11-6-8-12(9-7-11)24(21,22)19(10-15(20)23-2)14-5-3-4-13(17)16(14)18/h3-9H,10H2,1-2H3. The maximum Gasteiger partial charge on any atom is 0.326 e. The van der Waals surface area contributed by atoms with Crippen molar-refractivity contribution >= 4 is 44.9 Å². The summed E-state index contributed by atoms with van der Waals surface area (Å²) in [6, 6.07) is 10.8. The number of aryl methyl sites for hydroxylation is 1. The zero-order chi connectivity index (χ0) is 17.9. The Morgan fingerprint density at radius 1 is 1.12 bits per heavy atom. The molecule has 2 aromatic carbocycles. The minimum absolute atomic E-state index is 0.0352. The summed E-state index contributed by atoms with van der Waals surface area (Å²) < 4.78 is 31.4. The maximum atomic E-state index is 13.0. The van der Waals surface area contributed by atoms with Gasteiger partial charge in [0.25, 0.3) is 10.0 Å². The summed E-state index contributed by atoms with van der Waals surface area (Å²) in [4.78, 5) is 11.8. The number of halogens is 2. The second kappa shape index (κ2) is 7.42. The molecule has 0 spiro atoms. The van der Waals surface area contributed by atoms with E-state index in [1.54, 1.807) is 18.2 Å². The van der Waals surface area contributed by atoms with E-state index in [-0.39, 0.29) is 20.6 Å². The molecule has 128 valence electrons. The molecule has 5 nitrogen and oxygen atoms in total. The van der Waals surface area contributed by atoms with Crippen molar-refractivity contribution in [2.75, 3.05) is 18.0 Å². The number of ether oxygens (including phenoxy) is 1. The van der Waals surface area contributed by atoms with Crippen LogP contribution in [0.25, 0.3) is 0 Å². The van der Waals surface area contributed by atoms with Crippen molar-refractivity contribution in [2.45, 2.75) is 11.8 Å². The fourth-order valence-corrected chi connectivity index (χ4v) is 3.87. The molecule has 8 heteroatoms. The van der Waals surface area contributed by atoms with Gasteiger partial charge in [0.05, 0.1) is 27.7 Å². The molecule has 0 radical (unpaired) electrons. The van der Waals surface area contributed by atoms with Crippen molar-refractivity contribution in [3.05, 3.63) is 58.1 Å². The molecule has 0 atom stereocenters. The van der Waals surface area contributed by atoms with Gasteiger partial charge in [0.1, 0.15) is 6.54 Å². The highest BCUT2D eigenvalue weighted by Gasteiger charge is 2.29. The number of rotatable bonds is 5. The van der Waals surface area contributed by atoms with Crippen molar-refractivity contribution in [1.29, 1.82) is 0 Å². The van der Waals surface area contributed by atoms with Gasteiger partial charge in [0.15, 0.2) is 0 Å². The van der Waals surface area contributed by atoms with Crippen LogP contribution in [0.1, 0.15) is 5.56 Å². The molecule has 0 unspecified atom stereocenters. The van der Waals surface area contributed by atoms with Crippen LogP contribution >= 0.6 is 23.2 Å². The number of esters is 1. The number of carbonyl (C=O) groups excluding carboxylic acids is 1. The number of sulfonamides is 1. The molecule has 0 N–H and O–H groups in total. The molecule has 0 saturated heterocycles. The first kappa shape index (κ1) is 18.6. The lowest BCUT2D eigenvalue weighted by atomic mass is 10.2. The van der Waals surface area contributed by atoms with Gasteiger partial charge in [-0.05, 0) is 31.2 Å². The molecule has 0 aromatic heterocycles. The van der Waals surface area contributed by atoms with Gasteiger partial charge < -0.3 is 4.74 Å². The monoisotopic (exact) mass is 387 g/mol. The topological polar surface area (TPSA) is 63.7 Å². The van der Waals surface area contributed by atoms with E-state index in [9.17, 15) is 13.2 Å². The van der Waals surface area contributed by atoms with Crippen LogP contribution in [0.3, 0.4) is 0 Å². The molecular weight excluding hydrogens is 373 g/mol. The Morgan fingerprint density at radius 2 is 1.75 bits per heavy atom. The van der Waals surface area contributed by atoms with Gasteiger partial charge in [-0.3, -0.25) is 9.10 Å². The molecule has 2 rings (SSSR count). The van der Waals surface area contributed by atoms with Crippen LogP contribution in [0.4, 0.5) is 5.69 Å². The van der Waals surface area contributed by atoms with Gasteiger partial charge in [0.2, 0.25) is 0 Å². The predicted molar refractivity (Wildman–Crippen MR) is 94.2 cm³/mol. The number of methoxy groups -OCH3 is 1. The highest BCUT2D eigenvalue weighted by Crippen LogP contribution is 2.35. The lowest BCUT2D eigenvalue weighted by molar-refractivity contribution is -0.138. The second-order valence-electron chi connectivity index (χ2n) is 4.97. The number of nitrogens with zero attached hydrogens (tertiary/aromatic N) is 1. The minimum atomic E-state index is -4.03. The molecule has 2 aromatic rings. The summed E-state index contributed by atoms with van der Waals surface area (Å²) in [5.41, 5.74) is 1.02. The lowest BCUT2D eigenvalue weighted by Gasteiger charge is -2.24. The van der Waals surface area contributed by atoms with Crippen LogP contribution in [0.5, 0.6) is 0 Å². The molecule has 0 amide bonds. The predicted octanol–water partition coefficient (Wildman–Crippen LogP) is 3.67. The van der Waals surface area contributed by atoms with E-state index in [4.69, 9.17) is 23.2 Å². The molecule has 0 aliphatic carbocycles. The first-order chi connectivity index (χ1) is 11.3. The Balaban J connectivity index is 2.59. The first-order valence-corrected chi connectivity index (χ1v) is 9.07. The largest absolute Gasteiger partial charge is 0.468 e. The summed E-state index contributed by atoms with van der Waals surface area (Å²) in [7, 11) is -2.85. The smallest absolute Gasteiger partial charge is 0.326 e. The van der Waals surface area contributed by atoms with Gasteiger partial charge in [-0.1, -0.05) is 47.0 Å². The molecule has 0 aliphatic heterocycles. The Morgan fingerprint density at radius 3 is 2.33 bits per heavy atom. The van der Waals surface area contributed by atoms with Crippen LogP contribution in [0.15, 0.2) is 47.4 Å². The van der Waals surface area contributed by atoms with E-state index in [1.165, 1.54) is 31.4 Å². The Hall–Kier alpha value is -1.76. The van der Waals surface area contributed by atoms with Gasteiger partial charge in [-0.2, -0.15) is 0 Å². The van der Waals surface area contributed by atoms with Crippen LogP contribution in [0.2, 0.25) is 10.0 Å². The van der Waals surface area contributed by atoms with Crippen LogP contribution in [0, 0.1) is 6.92 Å². The number of benzene rings is 2. The summed E-state index contributed by atoms with van der Waals surface area (Å²) in [6.07, 6.45) is 0. The molecule has 0 aliphatic rings. The fraction of sp³-hybridized carbons (Fsp3) is 0.188. The van der Waals surface area contributed by atoms with E-state index in [0.717, 1.165) is 9.87 Å². The summed E-state index contributed by atoms with van der Waals surface area (Å²) >= 11 is 12.1. The normalized spacial score (nSPS) is 11.2. The second-order valence-corrected chi connectivity index (χ2v) is 7.62. The number of anilines is 1. The van der Waals surface area contributed by atoms with E-state index >= 15 is 0 Å². The zero-order valence-corrected chi connectivity index (χ0v) is 15.3. The molecule has 0 bridgehead atoms. The van der Waals surface area contributed by atoms with Gasteiger partial charge >= 0.3 is 5.97 Å². The highest BCUT2D eigenvalue weighted by atomic mass is 35.5. The lowest BCUT2D eigenvalue weighted by Crippen LogP contribution is -2.36. The first-order valence-electron chi connectivity index (χ1n) is 6.87. The van der Waals surface area contributed by atoms with Crippen LogP contribution in [-0.4, -0.2) is 28.0 Å². The van der Waals surface area contributed by atoms with Crippen molar-refractivity contribution in [2.24, 2.45) is 0 Å². The molecule has 0 fully saturated rings. The number of hydrogen-bond acceptors (Lipinski definition) is 4.